The zero-order valence-electron chi connectivity index (χ0n) is 18.6. The summed E-state index contributed by atoms with van der Waals surface area (Å²) in [7, 11) is 0. The molecule has 0 bridgehead atoms. The fourth-order valence-electron chi connectivity index (χ4n) is 3.49. The molecule has 9 heteroatoms. The molecule has 0 radical (unpaired) electrons. The quantitative estimate of drug-likeness (QED) is 0.180. The molecule has 8 nitrogen and oxygen atoms in total. The van der Waals surface area contributed by atoms with Crippen LogP contribution in [0.2, 0.25) is 0 Å². The van der Waals surface area contributed by atoms with Gasteiger partial charge in [-0.2, -0.15) is 0 Å². The average Bonchev–Trinajstić information content (AvgIpc) is 2.82. The van der Waals surface area contributed by atoms with Gasteiger partial charge in [0.15, 0.2) is 5.16 Å². The molecular weight excluding hydrogens is 452 g/mol. The molecule has 0 fully saturated rings. The number of amides is 1. The first-order chi connectivity index (χ1) is 16.3. The number of para-hydroxylation sites is 1. The number of aromatic nitrogens is 2. The van der Waals surface area contributed by atoms with E-state index in [1.54, 1.807) is 41.8 Å². The van der Waals surface area contributed by atoms with Gasteiger partial charge in [0.25, 0.3) is 11.2 Å². The molecular formula is C25H22N4O4S. The Labute approximate surface area is 199 Å². The van der Waals surface area contributed by atoms with Crippen molar-refractivity contribution in [3.05, 3.63) is 104 Å². The summed E-state index contributed by atoms with van der Waals surface area (Å²) < 4.78 is 1.55. The lowest BCUT2D eigenvalue weighted by molar-refractivity contribution is -0.384. The number of rotatable bonds is 7. The van der Waals surface area contributed by atoms with E-state index < -0.39 is 10.8 Å². The lowest BCUT2D eigenvalue weighted by atomic mass is 10.1. The molecule has 172 valence electrons. The van der Waals surface area contributed by atoms with E-state index in [1.165, 1.54) is 12.1 Å². The Bertz CT molecular complexity index is 1450. The summed E-state index contributed by atoms with van der Waals surface area (Å²) in [6, 6.07) is 19.6. The molecule has 4 rings (SSSR count). The van der Waals surface area contributed by atoms with Crippen LogP contribution < -0.4 is 10.9 Å². The summed E-state index contributed by atoms with van der Waals surface area (Å²) in [4.78, 5) is 41.3. The van der Waals surface area contributed by atoms with E-state index in [0.717, 1.165) is 28.5 Å². The standard InChI is InChI=1S/C25H22N4O4S/c1-16-7-10-18(11-8-16)14-28-24(31)19-5-3-4-6-20(19)27-25(28)34-15-23(30)26-21-12-9-17(2)13-22(21)29(32)33/h3-13H,14-15H2,1-2H3,(H,26,30). The van der Waals surface area contributed by atoms with Crippen molar-refractivity contribution in [1.82, 2.24) is 9.55 Å². The minimum atomic E-state index is -0.528. The van der Waals surface area contributed by atoms with Crippen molar-refractivity contribution in [2.45, 2.75) is 25.5 Å². The Morgan fingerprint density at radius 1 is 1.06 bits per heavy atom. The number of benzene rings is 3. The minimum Gasteiger partial charge on any atom is -0.320 e. The molecule has 0 saturated carbocycles. The second kappa shape index (κ2) is 9.88. The van der Waals surface area contributed by atoms with E-state index in [0.29, 0.717) is 22.6 Å². The Balaban J connectivity index is 1.61. The van der Waals surface area contributed by atoms with Gasteiger partial charge in [-0.15, -0.1) is 0 Å². The fraction of sp³-hybridized carbons (Fsp3) is 0.160. The van der Waals surface area contributed by atoms with Crippen LogP contribution in [0, 0.1) is 24.0 Å². The minimum absolute atomic E-state index is 0.0658. The van der Waals surface area contributed by atoms with E-state index in [9.17, 15) is 19.7 Å². The molecule has 1 amide bonds. The SMILES string of the molecule is Cc1ccc(Cn2c(SCC(=O)Nc3ccc(C)cc3[N+](=O)[O-])nc3ccccc3c2=O)cc1. The predicted molar refractivity (Wildman–Crippen MR) is 133 cm³/mol. The summed E-state index contributed by atoms with van der Waals surface area (Å²) in [5.74, 6) is -0.495. The molecule has 3 aromatic carbocycles. The number of hydrogen-bond acceptors (Lipinski definition) is 6. The number of thioether (sulfide) groups is 1. The fourth-order valence-corrected chi connectivity index (χ4v) is 4.29. The number of nitro groups is 1. The predicted octanol–water partition coefficient (Wildman–Crippen LogP) is 4.70. The van der Waals surface area contributed by atoms with Crippen LogP contribution in [0.25, 0.3) is 10.9 Å². The monoisotopic (exact) mass is 474 g/mol. The van der Waals surface area contributed by atoms with Gasteiger partial charge in [0.1, 0.15) is 5.69 Å². The molecule has 4 aromatic rings. The Kier molecular flexibility index (Phi) is 6.74. The van der Waals surface area contributed by atoms with Crippen molar-refractivity contribution in [3.8, 4) is 0 Å². The first-order valence-corrected chi connectivity index (χ1v) is 11.5. The molecule has 1 N–H and O–H groups in total. The molecule has 34 heavy (non-hydrogen) atoms. The van der Waals surface area contributed by atoms with Gasteiger partial charge >= 0.3 is 0 Å². The lowest BCUT2D eigenvalue weighted by Crippen LogP contribution is -2.25. The molecule has 0 aliphatic carbocycles. The molecule has 0 aliphatic rings. The van der Waals surface area contributed by atoms with Crippen LogP contribution in [0.1, 0.15) is 16.7 Å². The van der Waals surface area contributed by atoms with E-state index in [-0.39, 0.29) is 22.7 Å². The summed E-state index contributed by atoms with van der Waals surface area (Å²) in [6.45, 7) is 4.04. The Morgan fingerprint density at radius 3 is 2.50 bits per heavy atom. The van der Waals surface area contributed by atoms with Gasteiger partial charge in [-0.3, -0.25) is 24.3 Å². The third-order valence-corrected chi connectivity index (χ3v) is 6.22. The number of nitrogens with zero attached hydrogens (tertiary/aromatic N) is 3. The number of nitrogens with one attached hydrogen (secondary N) is 1. The van der Waals surface area contributed by atoms with Crippen LogP contribution in [0.15, 0.2) is 76.7 Å². The normalized spacial score (nSPS) is 10.9. The number of fused-ring (bicyclic) bond motifs is 1. The van der Waals surface area contributed by atoms with E-state index in [4.69, 9.17) is 0 Å². The molecule has 1 heterocycles. The summed E-state index contributed by atoms with van der Waals surface area (Å²) >= 11 is 1.11. The maximum absolute atomic E-state index is 13.2. The van der Waals surface area contributed by atoms with Gasteiger partial charge in [-0.25, -0.2) is 4.98 Å². The van der Waals surface area contributed by atoms with Gasteiger partial charge in [-0.1, -0.05) is 59.8 Å². The third-order valence-electron chi connectivity index (χ3n) is 5.24. The highest BCUT2D eigenvalue weighted by molar-refractivity contribution is 7.99. The topological polar surface area (TPSA) is 107 Å². The summed E-state index contributed by atoms with van der Waals surface area (Å²) in [6.07, 6.45) is 0. The smallest absolute Gasteiger partial charge is 0.293 e. The van der Waals surface area contributed by atoms with Crippen LogP contribution in [0.5, 0.6) is 0 Å². The second-order valence-corrected chi connectivity index (χ2v) is 8.85. The maximum Gasteiger partial charge on any atom is 0.293 e. The molecule has 0 aliphatic heterocycles. The number of hydrogen-bond donors (Lipinski definition) is 1. The summed E-state index contributed by atoms with van der Waals surface area (Å²) in [5.41, 5.74) is 3.09. The van der Waals surface area contributed by atoms with Crippen molar-refractivity contribution < 1.29 is 9.72 Å². The average molecular weight is 475 g/mol. The van der Waals surface area contributed by atoms with Crippen molar-refractivity contribution in [2.24, 2.45) is 0 Å². The first kappa shape index (κ1) is 23.2. The van der Waals surface area contributed by atoms with Crippen LogP contribution in [-0.4, -0.2) is 26.1 Å². The molecule has 1 aromatic heterocycles. The third kappa shape index (κ3) is 5.15. The Hall–Kier alpha value is -3.98. The lowest BCUT2D eigenvalue weighted by Gasteiger charge is -2.13. The largest absolute Gasteiger partial charge is 0.320 e. The van der Waals surface area contributed by atoms with Gasteiger partial charge in [0, 0.05) is 6.07 Å². The first-order valence-electron chi connectivity index (χ1n) is 10.5. The van der Waals surface area contributed by atoms with Crippen molar-refractivity contribution in [3.63, 3.8) is 0 Å². The highest BCUT2D eigenvalue weighted by Gasteiger charge is 2.18. The number of carbonyl (C=O) groups excluding carboxylic acids is 1. The highest BCUT2D eigenvalue weighted by atomic mass is 32.2. The van der Waals surface area contributed by atoms with Gasteiger partial charge in [0.05, 0.1) is 28.1 Å². The van der Waals surface area contributed by atoms with Gasteiger partial charge in [-0.05, 0) is 43.2 Å². The zero-order chi connectivity index (χ0) is 24.2. The summed E-state index contributed by atoms with van der Waals surface area (Å²) in [5, 5.41) is 14.8. The van der Waals surface area contributed by atoms with E-state index in [2.05, 4.69) is 10.3 Å². The van der Waals surface area contributed by atoms with E-state index in [1.807, 2.05) is 31.2 Å². The Morgan fingerprint density at radius 2 is 1.76 bits per heavy atom. The van der Waals surface area contributed by atoms with Crippen LogP contribution in [-0.2, 0) is 11.3 Å². The van der Waals surface area contributed by atoms with Crippen molar-refractivity contribution in [2.75, 3.05) is 11.1 Å². The van der Waals surface area contributed by atoms with Crippen molar-refractivity contribution in [1.29, 1.82) is 0 Å². The number of anilines is 1. The number of nitro benzene ring substituents is 1. The zero-order valence-corrected chi connectivity index (χ0v) is 19.5. The van der Waals surface area contributed by atoms with Gasteiger partial charge < -0.3 is 5.32 Å². The number of aryl methyl sites for hydroxylation is 2. The maximum atomic E-state index is 13.2. The van der Waals surface area contributed by atoms with Crippen LogP contribution >= 0.6 is 11.8 Å². The van der Waals surface area contributed by atoms with Crippen molar-refractivity contribution >= 4 is 39.9 Å². The molecule has 0 spiro atoms. The molecule has 0 saturated heterocycles. The van der Waals surface area contributed by atoms with E-state index >= 15 is 0 Å². The molecule has 0 unspecified atom stereocenters. The molecule has 0 atom stereocenters. The second-order valence-electron chi connectivity index (χ2n) is 7.90. The van der Waals surface area contributed by atoms with Crippen LogP contribution in [0.3, 0.4) is 0 Å². The van der Waals surface area contributed by atoms with Gasteiger partial charge in [0.2, 0.25) is 5.91 Å². The highest BCUT2D eigenvalue weighted by Crippen LogP contribution is 2.26. The van der Waals surface area contributed by atoms with Crippen LogP contribution in [0.4, 0.5) is 11.4 Å². The number of carbonyl (C=O) groups is 1.